The smallest absolute Gasteiger partial charge is 0.259 e. The Morgan fingerprint density at radius 1 is 0.750 bits per heavy atom. The zero-order valence-electron chi connectivity index (χ0n) is 14.7. The van der Waals surface area contributed by atoms with E-state index in [1.807, 2.05) is 0 Å². The normalized spacial score (nSPS) is 10.3. The summed E-state index contributed by atoms with van der Waals surface area (Å²) in [6, 6.07) is 16.9. The summed E-state index contributed by atoms with van der Waals surface area (Å²) in [4.78, 5) is 24.4. The van der Waals surface area contributed by atoms with Gasteiger partial charge in [-0.2, -0.15) is 0 Å². The summed E-state index contributed by atoms with van der Waals surface area (Å²) in [6.07, 6.45) is 0. The number of carbonyl (C=O) groups excluding carboxylic acids is 2. The predicted octanol–water partition coefficient (Wildman–Crippen LogP) is 2.99. The van der Waals surface area contributed by atoms with Crippen LogP contribution in [0.1, 0.15) is 26.3 Å². The number of benzene rings is 3. The molecule has 0 aromatic heterocycles. The van der Waals surface area contributed by atoms with Crippen molar-refractivity contribution in [3.8, 4) is 17.2 Å². The molecular weight excluding hydrogens is 360 g/mol. The summed E-state index contributed by atoms with van der Waals surface area (Å²) >= 11 is 0. The van der Waals surface area contributed by atoms with Crippen molar-refractivity contribution in [2.24, 2.45) is 0 Å². The Kier molecular flexibility index (Phi) is 5.45. The molecule has 3 aromatic rings. The number of carbonyl (C=O) groups is 2. The minimum atomic E-state index is -0.446. The molecule has 3 rings (SSSR count). The molecule has 0 radical (unpaired) electrons. The molecule has 7 nitrogen and oxygen atoms in total. The van der Waals surface area contributed by atoms with E-state index >= 15 is 0 Å². The third-order valence-electron chi connectivity index (χ3n) is 4.02. The van der Waals surface area contributed by atoms with E-state index in [1.165, 1.54) is 30.3 Å². The summed E-state index contributed by atoms with van der Waals surface area (Å²) in [5, 5.41) is 33.9. The summed E-state index contributed by atoms with van der Waals surface area (Å²) in [5.41, 5.74) is 1.63. The molecule has 0 saturated heterocycles. The van der Waals surface area contributed by atoms with Gasteiger partial charge in [0, 0.05) is 17.8 Å². The number of rotatable bonds is 5. The van der Waals surface area contributed by atoms with E-state index in [2.05, 4.69) is 10.6 Å². The highest BCUT2D eigenvalue weighted by Crippen LogP contribution is 2.25. The van der Waals surface area contributed by atoms with Gasteiger partial charge in [-0.25, -0.2) is 0 Å². The number of para-hydroxylation sites is 1. The van der Waals surface area contributed by atoms with Crippen molar-refractivity contribution in [3.05, 3.63) is 83.4 Å². The molecule has 0 heterocycles. The van der Waals surface area contributed by atoms with Gasteiger partial charge in [-0.05, 0) is 48.0 Å². The van der Waals surface area contributed by atoms with Gasteiger partial charge in [0.2, 0.25) is 0 Å². The maximum Gasteiger partial charge on any atom is 0.259 e. The number of hydrogen-bond acceptors (Lipinski definition) is 5. The number of amides is 2. The summed E-state index contributed by atoms with van der Waals surface area (Å²) in [6.45, 7) is 0.195. The second kappa shape index (κ2) is 8.13. The average molecular weight is 378 g/mol. The number of phenols is 3. The monoisotopic (exact) mass is 378 g/mol. The van der Waals surface area contributed by atoms with Gasteiger partial charge in [-0.15, -0.1) is 0 Å². The quantitative estimate of drug-likeness (QED) is 0.437. The van der Waals surface area contributed by atoms with Crippen molar-refractivity contribution in [2.75, 3.05) is 5.32 Å². The maximum absolute atomic E-state index is 12.3. The van der Waals surface area contributed by atoms with E-state index in [9.17, 15) is 24.9 Å². The van der Waals surface area contributed by atoms with Gasteiger partial charge in [0.15, 0.2) is 11.5 Å². The molecular formula is C21H18N2O5. The first-order chi connectivity index (χ1) is 13.4. The van der Waals surface area contributed by atoms with Crippen LogP contribution >= 0.6 is 0 Å². The highest BCUT2D eigenvalue weighted by molar-refractivity contribution is 6.06. The van der Waals surface area contributed by atoms with E-state index in [0.717, 1.165) is 5.56 Å². The summed E-state index contributed by atoms with van der Waals surface area (Å²) in [5.74, 6) is -1.65. The van der Waals surface area contributed by atoms with Crippen LogP contribution in [-0.4, -0.2) is 27.1 Å². The molecule has 0 spiro atoms. The van der Waals surface area contributed by atoms with Crippen LogP contribution in [0.5, 0.6) is 17.2 Å². The van der Waals surface area contributed by atoms with Gasteiger partial charge in [0.25, 0.3) is 11.8 Å². The van der Waals surface area contributed by atoms with Gasteiger partial charge in [0.05, 0.1) is 5.56 Å². The number of phenolic OH excluding ortho intramolecular Hbond substituents is 3. The fraction of sp³-hybridized carbons (Fsp3) is 0.0476. The van der Waals surface area contributed by atoms with Gasteiger partial charge in [-0.1, -0.05) is 24.3 Å². The van der Waals surface area contributed by atoms with Crippen LogP contribution < -0.4 is 10.6 Å². The van der Waals surface area contributed by atoms with Crippen LogP contribution in [0.2, 0.25) is 0 Å². The fourth-order valence-electron chi connectivity index (χ4n) is 2.57. The molecule has 0 bridgehead atoms. The Morgan fingerprint density at radius 2 is 1.54 bits per heavy atom. The number of aromatic hydroxyl groups is 3. The van der Waals surface area contributed by atoms with Crippen molar-refractivity contribution in [2.45, 2.75) is 6.54 Å². The van der Waals surface area contributed by atoms with Gasteiger partial charge >= 0.3 is 0 Å². The fourth-order valence-corrected chi connectivity index (χ4v) is 2.57. The second-order valence-electron chi connectivity index (χ2n) is 6.06. The second-order valence-corrected chi connectivity index (χ2v) is 6.06. The molecule has 7 heteroatoms. The molecule has 3 aromatic carbocycles. The highest BCUT2D eigenvalue weighted by Gasteiger charge is 2.11. The Labute approximate surface area is 160 Å². The van der Waals surface area contributed by atoms with E-state index < -0.39 is 11.8 Å². The van der Waals surface area contributed by atoms with E-state index in [-0.39, 0.29) is 34.9 Å². The van der Waals surface area contributed by atoms with Crippen LogP contribution in [-0.2, 0) is 6.54 Å². The number of nitrogens with one attached hydrogen (secondary N) is 2. The van der Waals surface area contributed by atoms with Crippen molar-refractivity contribution < 1.29 is 24.9 Å². The Balaban J connectivity index is 1.65. The van der Waals surface area contributed by atoms with E-state index in [4.69, 9.17) is 0 Å². The molecule has 5 N–H and O–H groups in total. The van der Waals surface area contributed by atoms with Crippen molar-refractivity contribution in [3.63, 3.8) is 0 Å². The van der Waals surface area contributed by atoms with Crippen LogP contribution in [0.25, 0.3) is 0 Å². The minimum Gasteiger partial charge on any atom is -0.507 e. The maximum atomic E-state index is 12.3. The van der Waals surface area contributed by atoms with E-state index in [1.54, 1.807) is 36.4 Å². The van der Waals surface area contributed by atoms with E-state index in [0.29, 0.717) is 5.69 Å². The third kappa shape index (κ3) is 4.39. The number of anilines is 1. The van der Waals surface area contributed by atoms with Crippen molar-refractivity contribution in [1.82, 2.24) is 5.32 Å². The first kappa shape index (κ1) is 18.8. The average Bonchev–Trinajstić information content (AvgIpc) is 2.69. The van der Waals surface area contributed by atoms with Crippen LogP contribution in [0, 0.1) is 0 Å². The lowest BCUT2D eigenvalue weighted by Gasteiger charge is -2.10. The van der Waals surface area contributed by atoms with Gasteiger partial charge in [0.1, 0.15) is 5.75 Å². The lowest BCUT2D eigenvalue weighted by molar-refractivity contribution is 0.0949. The SMILES string of the molecule is O=C(NCc1cccc(NC(=O)c2ccccc2O)c1)c1ccc(O)c(O)c1. The lowest BCUT2D eigenvalue weighted by Crippen LogP contribution is -2.22. The Bertz CT molecular complexity index is 1030. The Morgan fingerprint density at radius 3 is 2.29 bits per heavy atom. The first-order valence-electron chi connectivity index (χ1n) is 8.42. The van der Waals surface area contributed by atoms with Crippen molar-refractivity contribution >= 4 is 17.5 Å². The lowest BCUT2D eigenvalue weighted by atomic mass is 10.1. The van der Waals surface area contributed by atoms with Crippen LogP contribution in [0.15, 0.2) is 66.7 Å². The molecule has 2 amide bonds. The molecule has 0 saturated carbocycles. The van der Waals surface area contributed by atoms with Crippen LogP contribution in [0.4, 0.5) is 5.69 Å². The van der Waals surface area contributed by atoms with Crippen molar-refractivity contribution in [1.29, 1.82) is 0 Å². The summed E-state index contributed by atoms with van der Waals surface area (Å²) in [7, 11) is 0. The zero-order valence-corrected chi connectivity index (χ0v) is 14.7. The molecule has 0 atom stereocenters. The van der Waals surface area contributed by atoms with Gasteiger partial charge < -0.3 is 26.0 Å². The Hall–Kier alpha value is -4.00. The molecule has 0 aliphatic carbocycles. The minimum absolute atomic E-state index is 0.111. The molecule has 0 aliphatic rings. The van der Waals surface area contributed by atoms with Gasteiger partial charge in [-0.3, -0.25) is 9.59 Å². The highest BCUT2D eigenvalue weighted by atomic mass is 16.3. The standard InChI is InChI=1S/C21H18N2O5/c24-17-7-2-1-6-16(17)21(28)23-15-5-3-4-13(10-15)12-22-20(27)14-8-9-18(25)19(26)11-14/h1-11,24-26H,12H2,(H,22,27)(H,23,28). The first-order valence-corrected chi connectivity index (χ1v) is 8.42. The topological polar surface area (TPSA) is 119 Å². The number of hydrogen-bond donors (Lipinski definition) is 5. The molecule has 142 valence electrons. The zero-order chi connectivity index (χ0) is 20.1. The third-order valence-corrected chi connectivity index (χ3v) is 4.02. The largest absolute Gasteiger partial charge is 0.507 e. The van der Waals surface area contributed by atoms with Crippen LogP contribution in [0.3, 0.4) is 0 Å². The molecule has 0 aliphatic heterocycles. The predicted molar refractivity (Wildman–Crippen MR) is 103 cm³/mol. The molecule has 0 fully saturated rings. The molecule has 28 heavy (non-hydrogen) atoms. The summed E-state index contributed by atoms with van der Waals surface area (Å²) < 4.78 is 0. The molecule has 0 unspecified atom stereocenters.